The number of hydrogen-bond acceptors (Lipinski definition) is 9. The van der Waals surface area contributed by atoms with Crippen LogP contribution in [0, 0.1) is 5.82 Å². The molecule has 0 aliphatic carbocycles. The summed E-state index contributed by atoms with van der Waals surface area (Å²) in [5.41, 5.74) is -1.72. The van der Waals surface area contributed by atoms with Crippen LogP contribution in [0.3, 0.4) is 0 Å². The van der Waals surface area contributed by atoms with Crippen LogP contribution in [0.4, 0.5) is 14.9 Å². The third kappa shape index (κ3) is 5.38. The molecule has 2 N–H and O–H groups in total. The number of aliphatic imine (C=N–C) groups is 1. The standard InChI is InChI=1S/C27H35FN6O5S/c1-8-38-21-15-29-19(14-30-21)22(35)32-16-9-10-18(28)17(13-16)27(7)20-11-12-31-40(20,37)26(5,6)23(34-27)33-24(36)39-25(2,3)4/h9-10,13-15,20H,8,11-12H2,1-7H3,(H,32,35)(H,33,34,36)/t20-,27+,40?/m0/s1. The van der Waals surface area contributed by atoms with E-state index in [0.717, 1.165) is 0 Å². The van der Waals surface area contributed by atoms with Crippen LogP contribution in [-0.4, -0.2) is 60.8 Å². The molecule has 40 heavy (non-hydrogen) atoms. The minimum atomic E-state index is -3.03. The molecule has 0 saturated heterocycles. The second kappa shape index (κ2) is 10.4. The van der Waals surface area contributed by atoms with Gasteiger partial charge in [-0.2, -0.15) is 0 Å². The number of fused-ring (bicyclic) bond motifs is 1. The lowest BCUT2D eigenvalue weighted by Crippen LogP contribution is -2.60. The first-order valence-corrected chi connectivity index (χ1v) is 14.6. The highest BCUT2D eigenvalue weighted by molar-refractivity contribution is 7.96. The van der Waals surface area contributed by atoms with Gasteiger partial charge in [0.05, 0.1) is 34.0 Å². The molecule has 1 aromatic heterocycles. The number of carbonyl (C=O) groups excluding carboxylic acids is 2. The number of anilines is 1. The normalized spacial score (nSPS) is 25.2. The average molecular weight is 575 g/mol. The van der Waals surface area contributed by atoms with Crippen LogP contribution >= 0.6 is 0 Å². The van der Waals surface area contributed by atoms with Crippen molar-refractivity contribution in [2.24, 2.45) is 9.36 Å². The number of alkyl carbamates (subject to hydrolysis) is 1. The van der Waals surface area contributed by atoms with Gasteiger partial charge < -0.3 is 14.8 Å². The van der Waals surface area contributed by atoms with Gasteiger partial charge in [-0.25, -0.2) is 27.7 Å². The van der Waals surface area contributed by atoms with Gasteiger partial charge in [0, 0.05) is 17.8 Å². The number of nitrogens with one attached hydrogen (secondary N) is 2. The van der Waals surface area contributed by atoms with Crippen LogP contribution < -0.4 is 15.4 Å². The predicted molar refractivity (Wildman–Crippen MR) is 150 cm³/mol. The molecule has 3 heterocycles. The summed E-state index contributed by atoms with van der Waals surface area (Å²) in [4.78, 5) is 38.5. The van der Waals surface area contributed by atoms with Crippen LogP contribution in [0.15, 0.2) is 39.9 Å². The number of rotatable bonds is 5. The Morgan fingerprint density at radius 2 is 1.88 bits per heavy atom. The minimum absolute atomic E-state index is 0.0411. The molecule has 0 bridgehead atoms. The van der Waals surface area contributed by atoms with E-state index in [0.29, 0.717) is 19.6 Å². The zero-order valence-corrected chi connectivity index (χ0v) is 24.5. The summed E-state index contributed by atoms with van der Waals surface area (Å²) >= 11 is 0. The summed E-state index contributed by atoms with van der Waals surface area (Å²) in [6.07, 6.45) is 2.27. The topological polar surface area (TPSA) is 144 Å². The van der Waals surface area contributed by atoms with Crippen molar-refractivity contribution < 1.29 is 27.7 Å². The second-order valence-corrected chi connectivity index (χ2v) is 14.3. The minimum Gasteiger partial charge on any atom is -0.477 e. The van der Waals surface area contributed by atoms with Crippen molar-refractivity contribution in [3.05, 3.63) is 47.7 Å². The summed E-state index contributed by atoms with van der Waals surface area (Å²) in [6, 6.07) is 4.08. The number of amides is 2. The maximum Gasteiger partial charge on any atom is 0.413 e. The van der Waals surface area contributed by atoms with E-state index in [-0.39, 0.29) is 28.7 Å². The van der Waals surface area contributed by atoms with Crippen molar-refractivity contribution in [3.8, 4) is 5.88 Å². The van der Waals surface area contributed by atoms with Crippen LogP contribution in [0.2, 0.25) is 0 Å². The molecule has 3 atom stereocenters. The SMILES string of the molecule is CCOc1cnc(C(=O)Nc2ccc(F)c([C@@]3(C)N=C(NC(=O)OC(C)(C)C)C(C)(C)S4(=O)=NCC[C@@H]34)c2)cn1. The Hall–Kier alpha value is -3.61. The van der Waals surface area contributed by atoms with Gasteiger partial charge in [0.15, 0.2) is 0 Å². The van der Waals surface area contributed by atoms with Gasteiger partial charge in [-0.3, -0.25) is 15.1 Å². The van der Waals surface area contributed by atoms with Crippen molar-refractivity contribution in [1.82, 2.24) is 15.3 Å². The van der Waals surface area contributed by atoms with Gasteiger partial charge >= 0.3 is 6.09 Å². The Bertz CT molecular complexity index is 1480. The van der Waals surface area contributed by atoms with E-state index >= 15 is 4.39 Å². The van der Waals surface area contributed by atoms with Crippen LogP contribution in [0.1, 0.15) is 70.9 Å². The first kappa shape index (κ1) is 29.4. The maximum atomic E-state index is 15.5. The highest BCUT2D eigenvalue weighted by Gasteiger charge is 2.57. The van der Waals surface area contributed by atoms with Gasteiger partial charge in [0.1, 0.15) is 33.2 Å². The largest absolute Gasteiger partial charge is 0.477 e. The molecular weight excluding hydrogens is 539 g/mol. The molecule has 0 radical (unpaired) electrons. The second-order valence-electron chi connectivity index (χ2n) is 11.3. The molecule has 216 valence electrons. The van der Waals surface area contributed by atoms with Gasteiger partial charge in [-0.1, -0.05) is 0 Å². The predicted octanol–water partition coefficient (Wildman–Crippen LogP) is 4.44. The van der Waals surface area contributed by atoms with Gasteiger partial charge in [0.2, 0.25) is 5.88 Å². The van der Waals surface area contributed by atoms with Crippen LogP contribution in [0.25, 0.3) is 0 Å². The molecule has 0 saturated carbocycles. The molecule has 13 heteroatoms. The zero-order chi connectivity index (χ0) is 29.5. The fraction of sp³-hybridized carbons (Fsp3) is 0.519. The highest BCUT2D eigenvalue weighted by atomic mass is 32.2. The fourth-order valence-electron chi connectivity index (χ4n) is 4.90. The number of carbonyl (C=O) groups is 2. The number of halogens is 1. The number of ether oxygens (including phenoxy) is 2. The molecule has 0 fully saturated rings. The molecule has 1 unspecified atom stereocenters. The Labute approximate surface area is 233 Å². The Morgan fingerprint density at radius 1 is 1.15 bits per heavy atom. The molecule has 2 amide bonds. The summed E-state index contributed by atoms with van der Waals surface area (Å²) in [5, 5.41) is 4.73. The van der Waals surface area contributed by atoms with Crippen LogP contribution in [-0.2, 0) is 20.0 Å². The van der Waals surface area contributed by atoms with E-state index in [1.54, 1.807) is 48.5 Å². The molecule has 1 aromatic carbocycles. The van der Waals surface area contributed by atoms with Gasteiger partial charge in [-0.05, 0) is 73.1 Å². The first-order chi connectivity index (χ1) is 18.6. The zero-order valence-electron chi connectivity index (χ0n) is 23.7. The van der Waals surface area contributed by atoms with Crippen molar-refractivity contribution in [3.63, 3.8) is 0 Å². The van der Waals surface area contributed by atoms with E-state index < -0.39 is 48.7 Å². The van der Waals surface area contributed by atoms with E-state index in [1.165, 1.54) is 30.6 Å². The van der Waals surface area contributed by atoms with Crippen molar-refractivity contribution >= 4 is 33.3 Å². The number of aromatic nitrogens is 2. The number of benzene rings is 1. The third-order valence-corrected chi connectivity index (χ3v) is 10.6. The smallest absolute Gasteiger partial charge is 0.413 e. The van der Waals surface area contributed by atoms with Crippen LogP contribution in [0.5, 0.6) is 5.88 Å². The van der Waals surface area contributed by atoms with E-state index in [1.807, 2.05) is 0 Å². The number of nitrogens with zero attached hydrogens (tertiary/aromatic N) is 4. The molecular formula is C27H35FN6O5S. The monoisotopic (exact) mass is 574 g/mol. The summed E-state index contributed by atoms with van der Waals surface area (Å²) in [5.74, 6) is -0.779. The summed E-state index contributed by atoms with van der Waals surface area (Å²) in [6.45, 7) is 12.8. The van der Waals surface area contributed by atoms with E-state index in [2.05, 4.69) is 25.0 Å². The van der Waals surface area contributed by atoms with Crippen molar-refractivity contribution in [2.75, 3.05) is 18.5 Å². The fourth-order valence-corrected chi connectivity index (χ4v) is 8.09. The molecule has 2 aliphatic heterocycles. The molecule has 11 nitrogen and oxygen atoms in total. The van der Waals surface area contributed by atoms with Crippen molar-refractivity contribution in [2.45, 2.75) is 76.0 Å². The Balaban J connectivity index is 1.73. The molecule has 2 aliphatic rings. The lowest BCUT2D eigenvalue weighted by atomic mass is 9.85. The van der Waals surface area contributed by atoms with E-state index in [4.69, 9.17) is 14.5 Å². The quantitative estimate of drug-likeness (QED) is 0.537. The lowest BCUT2D eigenvalue weighted by Gasteiger charge is -2.45. The number of hydrogen-bond donors (Lipinski definition) is 2. The molecule has 4 rings (SSSR count). The summed E-state index contributed by atoms with van der Waals surface area (Å²) in [7, 11) is -3.03. The van der Waals surface area contributed by atoms with Crippen molar-refractivity contribution in [1.29, 1.82) is 0 Å². The van der Waals surface area contributed by atoms with E-state index in [9.17, 15) is 13.8 Å². The molecule has 2 aromatic rings. The maximum absolute atomic E-state index is 15.5. The average Bonchev–Trinajstić information content (AvgIpc) is 3.28. The Kier molecular flexibility index (Phi) is 7.65. The summed E-state index contributed by atoms with van der Waals surface area (Å²) < 4.78 is 44.0. The molecule has 0 spiro atoms. The first-order valence-electron chi connectivity index (χ1n) is 13.0. The lowest BCUT2D eigenvalue weighted by molar-refractivity contribution is 0.0560. The van der Waals surface area contributed by atoms with Gasteiger partial charge in [0.25, 0.3) is 5.91 Å². The van der Waals surface area contributed by atoms with Gasteiger partial charge in [-0.15, -0.1) is 0 Å². The highest BCUT2D eigenvalue weighted by Crippen LogP contribution is 2.48. The number of amidine groups is 1. The third-order valence-electron chi connectivity index (χ3n) is 6.87. The Morgan fingerprint density at radius 3 is 2.50 bits per heavy atom.